The number of anilines is 2. The molecule has 0 unspecified atom stereocenters. The third-order valence-electron chi connectivity index (χ3n) is 5.05. The fourth-order valence-electron chi connectivity index (χ4n) is 3.40. The molecule has 11 heteroatoms. The molecule has 3 aromatic rings. The lowest BCUT2D eigenvalue weighted by Crippen LogP contribution is -2.23. The van der Waals surface area contributed by atoms with E-state index in [1.54, 1.807) is 31.2 Å². The Morgan fingerprint density at radius 3 is 2.44 bits per heavy atom. The Morgan fingerprint density at radius 1 is 1.12 bits per heavy atom. The summed E-state index contributed by atoms with van der Waals surface area (Å²) in [6.45, 7) is 2.00. The average Bonchev–Trinajstić information content (AvgIpc) is 3.10. The monoisotopic (exact) mass is 480 g/mol. The second kappa shape index (κ2) is 10.6. The van der Waals surface area contributed by atoms with Crippen LogP contribution in [-0.2, 0) is 17.3 Å². The van der Waals surface area contributed by atoms with Crippen molar-refractivity contribution >= 4 is 17.5 Å². The zero-order chi connectivity index (χ0) is 24.9. The lowest BCUT2D eigenvalue weighted by molar-refractivity contribution is -0.139. The van der Waals surface area contributed by atoms with Gasteiger partial charge in [-0.2, -0.15) is 13.2 Å². The van der Waals surface area contributed by atoms with Gasteiger partial charge in [-0.05, 0) is 49.6 Å². The standard InChI is InChI=1S/C23H24F4N4O3/c1-14-20(31(30-21(14)34-3)16-9-5-4-6-10-16)29-22(32)28-19-13-17(23(25,26)27)18(24)12-15(19)8-7-11-33-2/h4-6,9-10,12-13H,7-8,11H2,1-3H3,(H2,28,29,32). The first-order chi connectivity index (χ1) is 16.2. The van der Waals surface area contributed by atoms with Crippen molar-refractivity contribution in [2.75, 3.05) is 31.5 Å². The second-order valence-corrected chi connectivity index (χ2v) is 7.39. The van der Waals surface area contributed by atoms with Crippen LogP contribution in [0.2, 0.25) is 0 Å². The zero-order valence-electron chi connectivity index (χ0n) is 18.8. The van der Waals surface area contributed by atoms with E-state index >= 15 is 0 Å². The van der Waals surface area contributed by atoms with Gasteiger partial charge in [0.1, 0.15) is 11.6 Å². The lowest BCUT2D eigenvalue weighted by atomic mass is 10.0. The Bertz CT molecular complexity index is 1150. The number of benzene rings is 2. The summed E-state index contributed by atoms with van der Waals surface area (Å²) >= 11 is 0. The number of carbonyl (C=O) groups is 1. The van der Waals surface area contributed by atoms with Crippen LogP contribution in [0.5, 0.6) is 5.88 Å². The number of ether oxygens (including phenoxy) is 2. The van der Waals surface area contributed by atoms with Gasteiger partial charge in [0.25, 0.3) is 0 Å². The fourth-order valence-corrected chi connectivity index (χ4v) is 3.40. The van der Waals surface area contributed by atoms with Gasteiger partial charge < -0.3 is 14.8 Å². The maximum atomic E-state index is 14.1. The molecule has 2 amide bonds. The molecule has 0 spiro atoms. The molecule has 2 aromatic carbocycles. The van der Waals surface area contributed by atoms with Gasteiger partial charge in [-0.25, -0.2) is 13.9 Å². The van der Waals surface area contributed by atoms with Gasteiger partial charge in [0.2, 0.25) is 5.88 Å². The number of rotatable bonds is 8. The van der Waals surface area contributed by atoms with Gasteiger partial charge in [-0.3, -0.25) is 5.32 Å². The molecule has 34 heavy (non-hydrogen) atoms. The SMILES string of the molecule is COCCCc1cc(F)c(C(F)(F)F)cc1NC(=O)Nc1c(C)c(OC)nn1-c1ccccc1. The van der Waals surface area contributed by atoms with E-state index in [0.29, 0.717) is 30.3 Å². The summed E-state index contributed by atoms with van der Waals surface area (Å²) in [5, 5.41) is 9.36. The van der Waals surface area contributed by atoms with Crippen molar-refractivity contribution in [1.29, 1.82) is 0 Å². The molecule has 2 N–H and O–H groups in total. The van der Waals surface area contributed by atoms with E-state index in [9.17, 15) is 22.4 Å². The molecule has 0 aliphatic rings. The number of amides is 2. The highest BCUT2D eigenvalue weighted by Crippen LogP contribution is 2.35. The van der Waals surface area contributed by atoms with Crippen LogP contribution in [0, 0.1) is 12.7 Å². The number of para-hydroxylation sites is 1. The molecule has 0 bridgehead atoms. The summed E-state index contributed by atoms with van der Waals surface area (Å²) in [7, 11) is 2.91. The van der Waals surface area contributed by atoms with Gasteiger partial charge in [0.15, 0.2) is 0 Å². The number of carbonyl (C=O) groups excluding carboxylic acids is 1. The van der Waals surface area contributed by atoms with Gasteiger partial charge in [-0.15, -0.1) is 5.10 Å². The number of aromatic nitrogens is 2. The Balaban J connectivity index is 1.93. The summed E-state index contributed by atoms with van der Waals surface area (Å²) < 4.78 is 65.6. The van der Waals surface area contributed by atoms with Crippen molar-refractivity contribution in [3.8, 4) is 11.6 Å². The molecule has 0 saturated heterocycles. The largest absolute Gasteiger partial charge is 0.480 e. The first-order valence-corrected chi connectivity index (χ1v) is 10.3. The van der Waals surface area contributed by atoms with Crippen molar-refractivity contribution in [3.63, 3.8) is 0 Å². The number of halogens is 4. The molecule has 0 aliphatic carbocycles. The molecule has 1 heterocycles. The maximum absolute atomic E-state index is 14.1. The number of aryl methyl sites for hydroxylation is 1. The Morgan fingerprint density at radius 2 is 1.82 bits per heavy atom. The minimum Gasteiger partial charge on any atom is -0.480 e. The van der Waals surface area contributed by atoms with Crippen LogP contribution < -0.4 is 15.4 Å². The van der Waals surface area contributed by atoms with Crippen LogP contribution in [0.1, 0.15) is 23.1 Å². The number of nitrogens with zero attached hydrogens (tertiary/aromatic N) is 2. The summed E-state index contributed by atoms with van der Waals surface area (Å²) in [5.41, 5.74) is -0.269. The van der Waals surface area contributed by atoms with Crippen LogP contribution in [0.3, 0.4) is 0 Å². The van der Waals surface area contributed by atoms with Gasteiger partial charge in [-0.1, -0.05) is 18.2 Å². The minimum absolute atomic E-state index is 0.155. The zero-order valence-corrected chi connectivity index (χ0v) is 18.8. The molecule has 0 saturated carbocycles. The molecular formula is C23H24F4N4O3. The number of alkyl halides is 3. The van der Waals surface area contributed by atoms with Crippen LogP contribution in [0.4, 0.5) is 33.9 Å². The molecule has 0 aliphatic heterocycles. The van der Waals surface area contributed by atoms with Crippen molar-refractivity contribution < 1.29 is 31.8 Å². The molecular weight excluding hydrogens is 456 g/mol. The summed E-state index contributed by atoms with van der Waals surface area (Å²) in [6, 6.07) is 9.47. The van der Waals surface area contributed by atoms with E-state index in [2.05, 4.69) is 15.7 Å². The second-order valence-electron chi connectivity index (χ2n) is 7.39. The third kappa shape index (κ3) is 5.66. The van der Waals surface area contributed by atoms with Crippen molar-refractivity contribution in [3.05, 3.63) is 65.0 Å². The normalized spacial score (nSPS) is 11.4. The first-order valence-electron chi connectivity index (χ1n) is 10.3. The Kier molecular flexibility index (Phi) is 7.77. The van der Waals surface area contributed by atoms with E-state index in [0.717, 1.165) is 6.07 Å². The van der Waals surface area contributed by atoms with Crippen molar-refractivity contribution in [2.24, 2.45) is 0 Å². The highest BCUT2D eigenvalue weighted by molar-refractivity contribution is 6.00. The summed E-state index contributed by atoms with van der Waals surface area (Å²) in [6.07, 6.45) is -4.29. The van der Waals surface area contributed by atoms with Gasteiger partial charge in [0.05, 0.1) is 23.9 Å². The van der Waals surface area contributed by atoms with Gasteiger partial charge in [0, 0.05) is 19.4 Å². The highest BCUT2D eigenvalue weighted by atomic mass is 19.4. The first kappa shape index (κ1) is 25.0. The van der Waals surface area contributed by atoms with E-state index < -0.39 is 23.6 Å². The summed E-state index contributed by atoms with van der Waals surface area (Å²) in [4.78, 5) is 12.8. The van der Waals surface area contributed by atoms with E-state index in [4.69, 9.17) is 9.47 Å². The number of nitrogens with one attached hydrogen (secondary N) is 2. The Hall–Kier alpha value is -3.60. The number of urea groups is 1. The molecule has 0 radical (unpaired) electrons. The summed E-state index contributed by atoms with van der Waals surface area (Å²) in [5.74, 6) is -0.881. The third-order valence-corrected chi connectivity index (χ3v) is 5.05. The smallest absolute Gasteiger partial charge is 0.419 e. The molecule has 3 rings (SSSR count). The molecule has 7 nitrogen and oxygen atoms in total. The Labute approximate surface area is 193 Å². The van der Waals surface area contributed by atoms with Crippen molar-refractivity contribution in [1.82, 2.24) is 9.78 Å². The molecule has 0 atom stereocenters. The molecule has 0 fully saturated rings. The van der Waals surface area contributed by atoms with Gasteiger partial charge >= 0.3 is 12.2 Å². The predicted molar refractivity (Wildman–Crippen MR) is 119 cm³/mol. The maximum Gasteiger partial charge on any atom is 0.419 e. The minimum atomic E-state index is -4.92. The fraction of sp³-hybridized carbons (Fsp3) is 0.304. The van der Waals surface area contributed by atoms with Crippen molar-refractivity contribution in [2.45, 2.75) is 25.9 Å². The number of hydrogen-bond acceptors (Lipinski definition) is 4. The molecule has 1 aromatic heterocycles. The lowest BCUT2D eigenvalue weighted by Gasteiger charge is -2.16. The highest BCUT2D eigenvalue weighted by Gasteiger charge is 2.35. The average molecular weight is 480 g/mol. The predicted octanol–water partition coefficient (Wildman–Crippen LogP) is 5.57. The number of methoxy groups -OCH3 is 2. The van der Waals surface area contributed by atoms with E-state index in [-0.39, 0.29) is 29.4 Å². The molecule has 182 valence electrons. The topological polar surface area (TPSA) is 77.4 Å². The number of hydrogen-bond donors (Lipinski definition) is 2. The van der Waals surface area contributed by atoms with Crippen LogP contribution >= 0.6 is 0 Å². The van der Waals surface area contributed by atoms with E-state index in [1.165, 1.54) is 18.9 Å². The van der Waals surface area contributed by atoms with Crippen LogP contribution in [-0.4, -0.2) is 36.6 Å². The van der Waals surface area contributed by atoms with Crippen LogP contribution in [0.15, 0.2) is 42.5 Å². The van der Waals surface area contributed by atoms with E-state index in [1.807, 2.05) is 6.07 Å². The van der Waals surface area contributed by atoms with Crippen LogP contribution in [0.25, 0.3) is 5.69 Å². The quantitative estimate of drug-likeness (QED) is 0.326.